The van der Waals surface area contributed by atoms with E-state index in [1.807, 2.05) is 12.1 Å². The van der Waals surface area contributed by atoms with Gasteiger partial charge >= 0.3 is 6.09 Å². The number of benzene rings is 1. The van der Waals surface area contributed by atoms with Gasteiger partial charge in [-0.15, -0.1) is 0 Å². The van der Waals surface area contributed by atoms with Gasteiger partial charge in [0.2, 0.25) is 5.91 Å². The van der Waals surface area contributed by atoms with Gasteiger partial charge < -0.3 is 19.8 Å². The molecule has 0 aliphatic carbocycles. The van der Waals surface area contributed by atoms with Gasteiger partial charge in [0.1, 0.15) is 11.6 Å². The average Bonchev–Trinajstić information content (AvgIpc) is 3.05. The summed E-state index contributed by atoms with van der Waals surface area (Å²) in [4.78, 5) is 34.5. The highest BCUT2D eigenvalue weighted by Gasteiger charge is 2.35. The molecule has 0 spiro atoms. The molecule has 0 radical (unpaired) electrons. The normalized spacial score (nSPS) is 17.3. The minimum atomic E-state index is -0.811. The Morgan fingerprint density at radius 2 is 2.13 bits per heavy atom. The van der Waals surface area contributed by atoms with E-state index >= 15 is 0 Å². The van der Waals surface area contributed by atoms with Gasteiger partial charge in [0.25, 0.3) is 0 Å². The number of hydrogen-bond acceptors (Lipinski definition) is 5. The number of aromatic amines is 1. The van der Waals surface area contributed by atoms with Crippen LogP contribution in [0, 0.1) is 0 Å². The first-order chi connectivity index (χ1) is 14.2. The fourth-order valence-electron chi connectivity index (χ4n) is 3.49. The molecule has 2 N–H and O–H groups in total. The zero-order valence-corrected chi connectivity index (χ0v) is 17.7. The van der Waals surface area contributed by atoms with Crippen LogP contribution in [0.3, 0.4) is 0 Å². The Bertz CT molecular complexity index is 1120. The number of rotatable bonds is 2. The standard InChI is InChI=1S/C21H23ClN4O4/c1-21(2,3)30-20(28)26-6-7-29-11-17(26)19(27)25-15-9-12(22)8-14-13-4-5-23-10-16(13)24-18(14)15/h4-5,8-10,17,24H,6-7,11H2,1-3H3,(H,25,27)/t17-/m0/s1. The van der Waals surface area contributed by atoms with Crippen molar-refractivity contribution in [3.05, 3.63) is 35.6 Å². The molecule has 0 unspecified atom stereocenters. The van der Waals surface area contributed by atoms with E-state index in [0.717, 1.165) is 21.8 Å². The maximum absolute atomic E-state index is 13.1. The van der Waals surface area contributed by atoms with Crippen LogP contribution in [0.1, 0.15) is 20.8 Å². The Morgan fingerprint density at radius 3 is 2.90 bits per heavy atom. The Morgan fingerprint density at radius 1 is 1.33 bits per heavy atom. The summed E-state index contributed by atoms with van der Waals surface area (Å²) in [6.45, 7) is 6.07. The fraction of sp³-hybridized carbons (Fsp3) is 0.381. The summed E-state index contributed by atoms with van der Waals surface area (Å²) in [5.41, 5.74) is 1.43. The van der Waals surface area contributed by atoms with Crippen molar-refractivity contribution < 1.29 is 19.1 Å². The molecule has 2 aromatic heterocycles. The van der Waals surface area contributed by atoms with Crippen LogP contribution in [0.15, 0.2) is 30.6 Å². The number of pyridine rings is 1. The number of nitrogens with one attached hydrogen (secondary N) is 2. The highest BCUT2D eigenvalue weighted by atomic mass is 35.5. The number of carbonyl (C=O) groups excluding carboxylic acids is 2. The molecule has 1 aliphatic rings. The molecule has 1 atom stereocenters. The van der Waals surface area contributed by atoms with Crippen molar-refractivity contribution in [1.82, 2.24) is 14.9 Å². The monoisotopic (exact) mass is 430 g/mol. The third-order valence-electron chi connectivity index (χ3n) is 4.79. The lowest BCUT2D eigenvalue weighted by molar-refractivity contribution is -0.127. The quantitative estimate of drug-likeness (QED) is 0.641. The summed E-state index contributed by atoms with van der Waals surface area (Å²) < 4.78 is 10.9. The second-order valence-electron chi connectivity index (χ2n) is 8.18. The Kier molecular flexibility index (Phi) is 5.29. The summed E-state index contributed by atoms with van der Waals surface area (Å²) in [5.74, 6) is -0.374. The van der Waals surface area contributed by atoms with Gasteiger partial charge in [-0.3, -0.25) is 14.7 Å². The smallest absolute Gasteiger partial charge is 0.411 e. The molecule has 1 saturated heterocycles. The SMILES string of the molecule is CC(C)(C)OC(=O)N1CCOC[C@H]1C(=O)Nc1cc(Cl)cc2c1[nH]c1cnccc12. The fourth-order valence-corrected chi connectivity index (χ4v) is 3.71. The van der Waals surface area contributed by atoms with Crippen LogP contribution in [0.25, 0.3) is 21.8 Å². The molecular formula is C21H23ClN4O4. The highest BCUT2D eigenvalue weighted by Crippen LogP contribution is 2.33. The molecule has 0 saturated carbocycles. The molecule has 1 fully saturated rings. The second kappa shape index (κ2) is 7.77. The van der Waals surface area contributed by atoms with Crippen LogP contribution in [-0.4, -0.2) is 58.3 Å². The third kappa shape index (κ3) is 4.06. The minimum Gasteiger partial charge on any atom is -0.444 e. The van der Waals surface area contributed by atoms with Gasteiger partial charge in [0.15, 0.2) is 0 Å². The molecule has 3 heterocycles. The molecule has 1 aliphatic heterocycles. The largest absolute Gasteiger partial charge is 0.444 e. The van der Waals surface area contributed by atoms with E-state index in [1.165, 1.54) is 4.90 Å². The zero-order valence-electron chi connectivity index (χ0n) is 17.0. The highest BCUT2D eigenvalue weighted by molar-refractivity contribution is 6.33. The number of nitrogens with zero attached hydrogens (tertiary/aromatic N) is 2. The number of ether oxygens (including phenoxy) is 2. The molecular weight excluding hydrogens is 408 g/mol. The van der Waals surface area contributed by atoms with Crippen molar-refractivity contribution in [2.75, 3.05) is 25.1 Å². The van der Waals surface area contributed by atoms with Gasteiger partial charge in [-0.1, -0.05) is 11.6 Å². The van der Waals surface area contributed by atoms with Gasteiger partial charge in [-0.25, -0.2) is 4.79 Å². The molecule has 9 heteroatoms. The van der Waals surface area contributed by atoms with Crippen molar-refractivity contribution in [2.45, 2.75) is 32.4 Å². The lowest BCUT2D eigenvalue weighted by Gasteiger charge is -2.35. The number of H-pyrrole nitrogens is 1. The van der Waals surface area contributed by atoms with Crippen LogP contribution in [0.5, 0.6) is 0 Å². The van der Waals surface area contributed by atoms with E-state index in [0.29, 0.717) is 17.3 Å². The zero-order chi connectivity index (χ0) is 21.5. The van der Waals surface area contributed by atoms with Crippen LogP contribution in [-0.2, 0) is 14.3 Å². The summed E-state index contributed by atoms with van der Waals surface area (Å²) >= 11 is 6.31. The van der Waals surface area contributed by atoms with E-state index in [-0.39, 0.29) is 19.1 Å². The first-order valence-corrected chi connectivity index (χ1v) is 10.0. The number of carbonyl (C=O) groups is 2. The van der Waals surface area contributed by atoms with Crippen molar-refractivity contribution in [3.8, 4) is 0 Å². The average molecular weight is 431 g/mol. The number of hydrogen-bond donors (Lipinski definition) is 2. The van der Waals surface area contributed by atoms with Crippen molar-refractivity contribution in [3.63, 3.8) is 0 Å². The topological polar surface area (TPSA) is 96.5 Å². The van der Waals surface area contributed by atoms with Gasteiger partial charge in [-0.05, 0) is 39.0 Å². The lowest BCUT2D eigenvalue weighted by atomic mass is 10.1. The molecule has 4 rings (SSSR count). The van der Waals surface area contributed by atoms with Crippen molar-refractivity contribution in [1.29, 1.82) is 0 Å². The molecule has 2 amide bonds. The van der Waals surface area contributed by atoms with Gasteiger partial charge in [0, 0.05) is 28.5 Å². The van der Waals surface area contributed by atoms with E-state index in [9.17, 15) is 9.59 Å². The number of halogens is 1. The first-order valence-electron chi connectivity index (χ1n) is 9.66. The number of amides is 2. The maximum Gasteiger partial charge on any atom is 0.411 e. The van der Waals surface area contributed by atoms with Crippen molar-refractivity contribution >= 4 is 51.1 Å². The Labute approximate surface area is 178 Å². The lowest BCUT2D eigenvalue weighted by Crippen LogP contribution is -2.55. The predicted molar refractivity (Wildman–Crippen MR) is 115 cm³/mol. The molecule has 8 nitrogen and oxygen atoms in total. The summed E-state index contributed by atoms with van der Waals surface area (Å²) in [6.07, 6.45) is 2.87. The molecule has 3 aromatic rings. The van der Waals surface area contributed by atoms with E-state index in [4.69, 9.17) is 21.1 Å². The van der Waals surface area contributed by atoms with Crippen LogP contribution in [0.4, 0.5) is 10.5 Å². The summed E-state index contributed by atoms with van der Waals surface area (Å²) in [5, 5.41) is 5.21. The second-order valence-corrected chi connectivity index (χ2v) is 8.61. The van der Waals surface area contributed by atoms with E-state index < -0.39 is 17.7 Å². The van der Waals surface area contributed by atoms with Gasteiger partial charge in [0.05, 0.1) is 36.1 Å². The third-order valence-corrected chi connectivity index (χ3v) is 5.01. The Balaban J connectivity index is 1.64. The number of fused-ring (bicyclic) bond motifs is 3. The van der Waals surface area contributed by atoms with Crippen LogP contribution in [0.2, 0.25) is 5.02 Å². The number of morpholine rings is 1. The molecule has 158 valence electrons. The number of aromatic nitrogens is 2. The first kappa shape index (κ1) is 20.4. The summed E-state index contributed by atoms with van der Waals surface area (Å²) in [6, 6.07) is 4.58. The minimum absolute atomic E-state index is 0.0887. The van der Waals surface area contributed by atoms with Crippen molar-refractivity contribution in [2.24, 2.45) is 0 Å². The van der Waals surface area contributed by atoms with E-state index in [1.54, 1.807) is 39.2 Å². The van der Waals surface area contributed by atoms with E-state index in [2.05, 4.69) is 15.3 Å². The predicted octanol–water partition coefficient (Wildman–Crippen LogP) is 3.94. The van der Waals surface area contributed by atoms with Crippen LogP contribution >= 0.6 is 11.6 Å². The van der Waals surface area contributed by atoms with Crippen LogP contribution < -0.4 is 5.32 Å². The maximum atomic E-state index is 13.1. The molecule has 0 bridgehead atoms. The summed E-state index contributed by atoms with van der Waals surface area (Å²) in [7, 11) is 0. The van der Waals surface area contributed by atoms with Gasteiger partial charge in [-0.2, -0.15) is 0 Å². The number of anilines is 1. The Hall–Kier alpha value is -2.84. The molecule has 1 aromatic carbocycles. The molecule has 30 heavy (non-hydrogen) atoms.